The number of rotatable bonds is 3. The summed E-state index contributed by atoms with van der Waals surface area (Å²) in [5.74, 6) is 0.00264. The van der Waals surface area contributed by atoms with E-state index in [1.165, 1.54) is 5.69 Å². The fourth-order valence-electron chi connectivity index (χ4n) is 3.65. The highest BCUT2D eigenvalue weighted by Crippen LogP contribution is 2.31. The number of nitrogens with zero attached hydrogens (tertiary/aromatic N) is 3. The Kier molecular flexibility index (Phi) is 4.85. The van der Waals surface area contributed by atoms with Crippen molar-refractivity contribution in [1.29, 1.82) is 0 Å². The largest absolute Gasteiger partial charge is 0.378 e. The molecular weight excluding hydrogens is 358 g/mol. The highest BCUT2D eigenvalue weighted by Gasteiger charge is 2.41. The van der Waals surface area contributed by atoms with Gasteiger partial charge in [0, 0.05) is 24.5 Å². The standard InChI is InChI=1S/C21H23N3O2S/c1-15-4-3-5-19(14-15)24-20(25)16(2)23(21(24)27)18-8-6-17(7-9-18)22-10-12-26-13-11-22/h3-9,14,16H,10-13H2,1-2H3. The molecule has 27 heavy (non-hydrogen) atoms. The first-order chi connectivity index (χ1) is 13.1. The van der Waals surface area contributed by atoms with Gasteiger partial charge in [-0.25, -0.2) is 0 Å². The van der Waals surface area contributed by atoms with Crippen molar-refractivity contribution in [3.05, 3.63) is 54.1 Å². The molecule has 2 aromatic carbocycles. The van der Waals surface area contributed by atoms with Crippen molar-refractivity contribution in [2.24, 2.45) is 0 Å². The second-order valence-corrected chi connectivity index (χ2v) is 7.32. The number of aryl methyl sites for hydroxylation is 1. The van der Waals surface area contributed by atoms with Gasteiger partial charge < -0.3 is 14.5 Å². The van der Waals surface area contributed by atoms with E-state index in [4.69, 9.17) is 17.0 Å². The summed E-state index contributed by atoms with van der Waals surface area (Å²) in [7, 11) is 0. The molecule has 0 spiro atoms. The highest BCUT2D eigenvalue weighted by atomic mass is 32.1. The van der Waals surface area contributed by atoms with E-state index in [0.717, 1.165) is 43.2 Å². The number of hydrogen-bond acceptors (Lipinski definition) is 4. The molecule has 1 unspecified atom stereocenters. The van der Waals surface area contributed by atoms with Gasteiger partial charge in [-0.3, -0.25) is 9.69 Å². The van der Waals surface area contributed by atoms with Gasteiger partial charge in [0.25, 0.3) is 5.91 Å². The van der Waals surface area contributed by atoms with Gasteiger partial charge >= 0.3 is 0 Å². The first kappa shape index (κ1) is 17.9. The molecule has 0 aromatic heterocycles. The highest BCUT2D eigenvalue weighted by molar-refractivity contribution is 7.81. The zero-order valence-electron chi connectivity index (χ0n) is 15.6. The quantitative estimate of drug-likeness (QED) is 0.762. The van der Waals surface area contributed by atoms with Crippen molar-refractivity contribution >= 4 is 40.3 Å². The number of anilines is 3. The van der Waals surface area contributed by atoms with Crippen LogP contribution >= 0.6 is 12.2 Å². The van der Waals surface area contributed by atoms with Crippen LogP contribution in [0.15, 0.2) is 48.5 Å². The molecule has 2 aromatic rings. The molecule has 1 atom stereocenters. The lowest BCUT2D eigenvalue weighted by molar-refractivity contribution is -0.117. The van der Waals surface area contributed by atoms with Crippen LogP contribution in [-0.2, 0) is 9.53 Å². The van der Waals surface area contributed by atoms with E-state index < -0.39 is 0 Å². The number of carbonyl (C=O) groups excluding carboxylic acids is 1. The molecule has 0 aliphatic carbocycles. The average molecular weight is 382 g/mol. The van der Waals surface area contributed by atoms with Crippen LogP contribution in [0.25, 0.3) is 0 Å². The molecule has 2 aliphatic rings. The summed E-state index contributed by atoms with van der Waals surface area (Å²) in [4.78, 5) is 18.8. The smallest absolute Gasteiger partial charge is 0.256 e. The van der Waals surface area contributed by atoms with E-state index in [9.17, 15) is 4.79 Å². The first-order valence-electron chi connectivity index (χ1n) is 9.23. The summed E-state index contributed by atoms with van der Waals surface area (Å²) in [5.41, 5.74) is 4.03. The second-order valence-electron chi connectivity index (χ2n) is 6.96. The van der Waals surface area contributed by atoms with Gasteiger partial charge in [0.2, 0.25) is 0 Å². The summed E-state index contributed by atoms with van der Waals surface area (Å²) in [6.07, 6.45) is 0. The van der Waals surface area contributed by atoms with Crippen LogP contribution in [0.2, 0.25) is 0 Å². The van der Waals surface area contributed by atoms with E-state index in [1.54, 1.807) is 4.90 Å². The van der Waals surface area contributed by atoms with Gasteiger partial charge in [0.15, 0.2) is 5.11 Å². The maximum atomic E-state index is 12.9. The van der Waals surface area contributed by atoms with Gasteiger partial charge in [-0.1, -0.05) is 12.1 Å². The Bertz CT molecular complexity index is 862. The molecule has 140 valence electrons. The third-order valence-electron chi connectivity index (χ3n) is 5.13. The first-order valence-corrected chi connectivity index (χ1v) is 9.63. The van der Waals surface area contributed by atoms with Crippen LogP contribution in [0.5, 0.6) is 0 Å². The molecular formula is C21H23N3O2S. The fourth-order valence-corrected chi connectivity index (χ4v) is 4.11. The van der Waals surface area contributed by atoms with Crippen molar-refractivity contribution < 1.29 is 9.53 Å². The number of benzene rings is 2. The Balaban J connectivity index is 1.60. The van der Waals surface area contributed by atoms with Crippen molar-refractivity contribution in [2.45, 2.75) is 19.9 Å². The van der Waals surface area contributed by atoms with Crippen LogP contribution in [0, 0.1) is 6.92 Å². The van der Waals surface area contributed by atoms with Gasteiger partial charge in [0.1, 0.15) is 6.04 Å². The molecule has 2 fully saturated rings. The molecule has 2 saturated heterocycles. The van der Waals surface area contributed by atoms with Crippen molar-refractivity contribution in [2.75, 3.05) is 41.0 Å². The van der Waals surface area contributed by atoms with Crippen LogP contribution in [0.3, 0.4) is 0 Å². The lowest BCUT2D eigenvalue weighted by Gasteiger charge is -2.29. The van der Waals surface area contributed by atoms with Gasteiger partial charge in [0.05, 0.1) is 18.9 Å². The Morgan fingerprint density at radius 3 is 2.33 bits per heavy atom. The van der Waals surface area contributed by atoms with Crippen molar-refractivity contribution in [1.82, 2.24) is 0 Å². The normalized spacial score (nSPS) is 20.5. The Morgan fingerprint density at radius 1 is 1.00 bits per heavy atom. The van der Waals surface area contributed by atoms with E-state index in [0.29, 0.717) is 5.11 Å². The Morgan fingerprint density at radius 2 is 1.67 bits per heavy atom. The van der Waals surface area contributed by atoms with Crippen LogP contribution in [0.1, 0.15) is 12.5 Å². The zero-order chi connectivity index (χ0) is 19.0. The second kappa shape index (κ2) is 7.29. The molecule has 2 aliphatic heterocycles. The summed E-state index contributed by atoms with van der Waals surface area (Å²) >= 11 is 5.69. The number of thiocarbonyl (C=S) groups is 1. The summed E-state index contributed by atoms with van der Waals surface area (Å²) in [6, 6.07) is 15.8. The minimum atomic E-state index is -0.327. The summed E-state index contributed by atoms with van der Waals surface area (Å²) in [6.45, 7) is 7.23. The van der Waals surface area contributed by atoms with E-state index >= 15 is 0 Å². The predicted octanol–water partition coefficient (Wildman–Crippen LogP) is 3.36. The molecule has 2 heterocycles. The summed E-state index contributed by atoms with van der Waals surface area (Å²) in [5, 5.41) is 0.525. The summed E-state index contributed by atoms with van der Waals surface area (Å²) < 4.78 is 5.42. The number of morpholine rings is 1. The maximum absolute atomic E-state index is 12.9. The number of ether oxygens (including phenoxy) is 1. The van der Waals surface area contributed by atoms with Gasteiger partial charge in [-0.2, -0.15) is 0 Å². The van der Waals surface area contributed by atoms with E-state index in [1.807, 2.05) is 55.1 Å². The monoisotopic (exact) mass is 381 g/mol. The molecule has 5 nitrogen and oxygen atoms in total. The molecule has 0 radical (unpaired) electrons. The topological polar surface area (TPSA) is 36.0 Å². The predicted molar refractivity (Wildman–Crippen MR) is 113 cm³/mol. The molecule has 0 bridgehead atoms. The molecule has 4 rings (SSSR count). The molecule has 0 saturated carbocycles. The third kappa shape index (κ3) is 3.31. The van der Waals surface area contributed by atoms with E-state index in [-0.39, 0.29) is 11.9 Å². The van der Waals surface area contributed by atoms with E-state index in [2.05, 4.69) is 17.0 Å². The minimum absolute atomic E-state index is 0.00264. The zero-order valence-corrected chi connectivity index (χ0v) is 16.4. The molecule has 1 amide bonds. The average Bonchev–Trinajstić information content (AvgIpc) is 2.91. The number of hydrogen-bond donors (Lipinski definition) is 0. The van der Waals surface area contributed by atoms with Gasteiger partial charge in [-0.15, -0.1) is 0 Å². The Labute approximate surface area is 165 Å². The number of amides is 1. The minimum Gasteiger partial charge on any atom is -0.378 e. The molecule has 6 heteroatoms. The number of carbonyl (C=O) groups is 1. The fraction of sp³-hybridized carbons (Fsp3) is 0.333. The van der Waals surface area contributed by atoms with Crippen LogP contribution in [0.4, 0.5) is 17.1 Å². The van der Waals surface area contributed by atoms with Crippen molar-refractivity contribution in [3.63, 3.8) is 0 Å². The lowest BCUT2D eigenvalue weighted by atomic mass is 10.2. The van der Waals surface area contributed by atoms with Crippen LogP contribution < -0.4 is 14.7 Å². The van der Waals surface area contributed by atoms with Gasteiger partial charge in [-0.05, 0) is 68.0 Å². The van der Waals surface area contributed by atoms with Crippen LogP contribution in [-0.4, -0.2) is 43.4 Å². The lowest BCUT2D eigenvalue weighted by Crippen LogP contribution is -2.36. The Hall–Kier alpha value is -2.44. The third-order valence-corrected chi connectivity index (χ3v) is 5.51. The molecule has 0 N–H and O–H groups in total. The van der Waals surface area contributed by atoms with Crippen molar-refractivity contribution in [3.8, 4) is 0 Å². The SMILES string of the molecule is Cc1cccc(N2C(=O)C(C)N(c3ccc(N4CCOCC4)cc3)C2=S)c1. The maximum Gasteiger partial charge on any atom is 0.256 e.